The van der Waals surface area contributed by atoms with Gasteiger partial charge in [-0.15, -0.1) is 0 Å². The zero-order valence-electron chi connectivity index (χ0n) is 13.4. The Hall–Kier alpha value is -0.120. The van der Waals surface area contributed by atoms with Crippen molar-refractivity contribution < 1.29 is 9.47 Å². The van der Waals surface area contributed by atoms with Crippen LogP contribution in [0.5, 0.6) is 0 Å². The lowest BCUT2D eigenvalue weighted by Crippen LogP contribution is -2.33. The summed E-state index contributed by atoms with van der Waals surface area (Å²) in [5.41, 5.74) is 0. The van der Waals surface area contributed by atoms with Crippen molar-refractivity contribution in [2.75, 3.05) is 33.5 Å². The number of rotatable bonds is 10. The molecule has 20 heavy (non-hydrogen) atoms. The second-order valence-corrected chi connectivity index (χ2v) is 6.87. The van der Waals surface area contributed by atoms with Crippen LogP contribution in [0.1, 0.15) is 51.9 Å². The zero-order valence-corrected chi connectivity index (χ0v) is 13.4. The predicted octanol–water partition coefficient (Wildman–Crippen LogP) is 3.23. The fourth-order valence-electron chi connectivity index (χ4n) is 3.48. The summed E-state index contributed by atoms with van der Waals surface area (Å²) in [7, 11) is 1.73. The highest BCUT2D eigenvalue weighted by Gasteiger charge is 2.30. The Bertz CT molecular complexity index is 255. The van der Waals surface area contributed by atoms with Gasteiger partial charge in [-0.3, -0.25) is 0 Å². The average molecular weight is 283 g/mol. The van der Waals surface area contributed by atoms with Crippen LogP contribution in [0, 0.1) is 17.8 Å². The van der Waals surface area contributed by atoms with Crippen molar-refractivity contribution >= 4 is 0 Å². The Morgan fingerprint density at radius 1 is 1.00 bits per heavy atom. The Kier molecular flexibility index (Phi) is 7.32. The number of methoxy groups -OCH3 is 1. The van der Waals surface area contributed by atoms with Crippen molar-refractivity contribution in [3.8, 4) is 0 Å². The molecule has 0 saturated heterocycles. The minimum absolute atomic E-state index is 0.717. The van der Waals surface area contributed by atoms with E-state index in [0.717, 1.165) is 37.0 Å². The maximum Gasteiger partial charge on any atom is 0.0700 e. The smallest absolute Gasteiger partial charge is 0.0700 e. The first-order chi connectivity index (χ1) is 9.79. The molecule has 0 amide bonds. The lowest BCUT2D eigenvalue weighted by atomic mass is 9.73. The third-order valence-electron chi connectivity index (χ3n) is 4.94. The molecule has 0 aromatic heterocycles. The largest absolute Gasteiger partial charge is 0.382 e. The Balaban J connectivity index is 1.61. The molecule has 3 unspecified atom stereocenters. The molecule has 0 aromatic rings. The average Bonchev–Trinajstić information content (AvgIpc) is 3.26. The molecule has 3 atom stereocenters. The van der Waals surface area contributed by atoms with Crippen molar-refractivity contribution in [3.05, 3.63) is 0 Å². The van der Waals surface area contributed by atoms with Crippen LogP contribution in [0.25, 0.3) is 0 Å². The molecule has 0 heterocycles. The fourth-order valence-corrected chi connectivity index (χ4v) is 3.48. The van der Waals surface area contributed by atoms with Crippen molar-refractivity contribution in [3.63, 3.8) is 0 Å². The van der Waals surface area contributed by atoms with Crippen molar-refractivity contribution in [1.29, 1.82) is 0 Å². The first kappa shape index (κ1) is 16.3. The number of ether oxygens (including phenoxy) is 2. The van der Waals surface area contributed by atoms with E-state index in [1.54, 1.807) is 7.11 Å². The Labute approximate surface area is 124 Å². The first-order valence-electron chi connectivity index (χ1n) is 8.59. The van der Waals surface area contributed by atoms with Crippen LogP contribution in [0.2, 0.25) is 0 Å². The summed E-state index contributed by atoms with van der Waals surface area (Å²) in [4.78, 5) is 0. The van der Waals surface area contributed by atoms with Gasteiger partial charge in [-0.2, -0.15) is 0 Å². The van der Waals surface area contributed by atoms with Gasteiger partial charge in [0, 0.05) is 19.8 Å². The Morgan fingerprint density at radius 2 is 1.85 bits per heavy atom. The molecule has 0 aromatic carbocycles. The van der Waals surface area contributed by atoms with Crippen molar-refractivity contribution in [2.45, 2.75) is 57.9 Å². The number of hydrogen-bond acceptors (Lipinski definition) is 3. The highest BCUT2D eigenvalue weighted by Crippen LogP contribution is 2.36. The monoisotopic (exact) mass is 283 g/mol. The summed E-state index contributed by atoms with van der Waals surface area (Å²) >= 11 is 0. The van der Waals surface area contributed by atoms with E-state index in [1.165, 1.54) is 51.5 Å². The van der Waals surface area contributed by atoms with Gasteiger partial charge < -0.3 is 14.8 Å². The molecule has 2 saturated carbocycles. The molecule has 0 radical (unpaired) electrons. The molecule has 2 fully saturated rings. The van der Waals surface area contributed by atoms with Crippen LogP contribution in [0.15, 0.2) is 0 Å². The number of hydrogen-bond donors (Lipinski definition) is 1. The van der Waals surface area contributed by atoms with Gasteiger partial charge >= 0.3 is 0 Å². The van der Waals surface area contributed by atoms with Crippen LogP contribution < -0.4 is 5.32 Å². The maximum absolute atomic E-state index is 5.59. The molecule has 2 aliphatic rings. The lowest BCUT2D eigenvalue weighted by Gasteiger charge is -2.35. The van der Waals surface area contributed by atoms with Gasteiger partial charge in [-0.1, -0.05) is 13.3 Å². The van der Waals surface area contributed by atoms with Gasteiger partial charge in [-0.25, -0.2) is 0 Å². The molecule has 0 bridgehead atoms. The van der Waals surface area contributed by atoms with E-state index >= 15 is 0 Å². The number of nitrogens with one attached hydrogen (secondary N) is 1. The van der Waals surface area contributed by atoms with E-state index in [2.05, 4.69) is 12.2 Å². The normalized spacial score (nSPS) is 30.6. The third-order valence-corrected chi connectivity index (χ3v) is 4.94. The van der Waals surface area contributed by atoms with Gasteiger partial charge in [-0.05, 0) is 62.8 Å². The van der Waals surface area contributed by atoms with E-state index in [4.69, 9.17) is 9.47 Å². The van der Waals surface area contributed by atoms with E-state index in [0.29, 0.717) is 6.61 Å². The van der Waals surface area contributed by atoms with Crippen LogP contribution in [0.4, 0.5) is 0 Å². The molecule has 0 aliphatic heterocycles. The zero-order chi connectivity index (χ0) is 14.2. The molecular weight excluding hydrogens is 250 g/mol. The summed E-state index contributed by atoms with van der Waals surface area (Å²) in [6.45, 7) is 6.04. The molecule has 2 aliphatic carbocycles. The lowest BCUT2D eigenvalue weighted by molar-refractivity contribution is 0.0632. The summed E-state index contributed by atoms with van der Waals surface area (Å²) < 4.78 is 10.6. The minimum atomic E-state index is 0.717. The third kappa shape index (κ3) is 6.11. The molecule has 1 N–H and O–H groups in total. The topological polar surface area (TPSA) is 30.5 Å². The van der Waals surface area contributed by atoms with Gasteiger partial charge in [0.2, 0.25) is 0 Å². The van der Waals surface area contributed by atoms with E-state index < -0.39 is 0 Å². The van der Waals surface area contributed by atoms with E-state index in [1.807, 2.05) is 0 Å². The fraction of sp³-hybridized carbons (Fsp3) is 1.00. The second kappa shape index (κ2) is 9.01. The quantitative estimate of drug-likeness (QED) is 0.624. The van der Waals surface area contributed by atoms with Crippen LogP contribution >= 0.6 is 0 Å². The van der Waals surface area contributed by atoms with Gasteiger partial charge in [0.25, 0.3) is 0 Å². The van der Waals surface area contributed by atoms with E-state index in [-0.39, 0.29) is 0 Å². The first-order valence-corrected chi connectivity index (χ1v) is 8.59. The SMILES string of the molecule is COCCOCCCC1CC(C)CCC1CNC1CC1. The Morgan fingerprint density at radius 3 is 2.60 bits per heavy atom. The van der Waals surface area contributed by atoms with Crippen molar-refractivity contribution in [2.24, 2.45) is 17.8 Å². The minimum Gasteiger partial charge on any atom is -0.382 e. The summed E-state index contributed by atoms with van der Waals surface area (Å²) in [5, 5.41) is 3.74. The highest BCUT2D eigenvalue weighted by atomic mass is 16.5. The van der Waals surface area contributed by atoms with Crippen LogP contribution in [-0.2, 0) is 9.47 Å². The van der Waals surface area contributed by atoms with Gasteiger partial charge in [0.05, 0.1) is 13.2 Å². The molecule has 2 rings (SSSR count). The maximum atomic E-state index is 5.59. The van der Waals surface area contributed by atoms with Gasteiger partial charge in [0.15, 0.2) is 0 Å². The standard InChI is InChI=1S/C17H33NO2/c1-14-5-6-16(13-18-17-7-8-17)15(12-14)4-3-9-20-11-10-19-2/h14-18H,3-13H2,1-2H3. The van der Waals surface area contributed by atoms with Crippen molar-refractivity contribution in [1.82, 2.24) is 5.32 Å². The van der Waals surface area contributed by atoms with Crippen LogP contribution in [0.3, 0.4) is 0 Å². The second-order valence-electron chi connectivity index (χ2n) is 6.87. The molecule has 3 heteroatoms. The summed E-state index contributed by atoms with van der Waals surface area (Å²) in [5.74, 6) is 2.74. The van der Waals surface area contributed by atoms with Gasteiger partial charge in [0.1, 0.15) is 0 Å². The van der Waals surface area contributed by atoms with E-state index in [9.17, 15) is 0 Å². The molecule has 0 spiro atoms. The summed E-state index contributed by atoms with van der Waals surface area (Å²) in [6.07, 6.45) is 9.64. The van der Waals surface area contributed by atoms with Crippen LogP contribution in [-0.4, -0.2) is 39.5 Å². The summed E-state index contributed by atoms with van der Waals surface area (Å²) in [6, 6.07) is 0.854. The molecular formula is C17H33NO2. The molecule has 3 nitrogen and oxygen atoms in total. The highest BCUT2D eigenvalue weighted by molar-refractivity contribution is 4.85. The molecule has 118 valence electrons. The predicted molar refractivity (Wildman–Crippen MR) is 82.9 cm³/mol.